The van der Waals surface area contributed by atoms with Crippen molar-refractivity contribution in [3.63, 3.8) is 0 Å². The van der Waals surface area contributed by atoms with Gasteiger partial charge in [0.2, 0.25) is 0 Å². The standard InChI is InChI=1S/C12H17N5/c1-8-11(17-9(2)14-15-16-17)6-10(7-13-8)12(3,4)5/h6-7H,1-5H3. The summed E-state index contributed by atoms with van der Waals surface area (Å²) in [5, 5.41) is 11.6. The molecule has 0 bridgehead atoms. The zero-order valence-corrected chi connectivity index (χ0v) is 10.9. The van der Waals surface area contributed by atoms with Crippen molar-refractivity contribution in [1.82, 2.24) is 25.2 Å². The highest BCUT2D eigenvalue weighted by Gasteiger charge is 2.17. The molecule has 2 aromatic heterocycles. The first-order chi connectivity index (χ1) is 7.89. The molecule has 0 radical (unpaired) electrons. The van der Waals surface area contributed by atoms with E-state index in [0.717, 1.165) is 17.2 Å². The van der Waals surface area contributed by atoms with Gasteiger partial charge in [0.25, 0.3) is 0 Å². The third kappa shape index (κ3) is 2.18. The largest absolute Gasteiger partial charge is 0.259 e. The lowest BCUT2D eigenvalue weighted by Gasteiger charge is -2.20. The average Bonchev–Trinajstić information content (AvgIpc) is 2.63. The molecule has 0 fully saturated rings. The summed E-state index contributed by atoms with van der Waals surface area (Å²) in [6.45, 7) is 10.3. The summed E-state index contributed by atoms with van der Waals surface area (Å²) in [6, 6.07) is 2.10. The molecule has 0 N–H and O–H groups in total. The molecule has 0 aromatic carbocycles. The summed E-state index contributed by atoms with van der Waals surface area (Å²) in [4.78, 5) is 4.43. The fourth-order valence-electron chi connectivity index (χ4n) is 1.60. The van der Waals surface area contributed by atoms with Crippen LogP contribution in [0, 0.1) is 13.8 Å². The van der Waals surface area contributed by atoms with Gasteiger partial charge in [0.1, 0.15) is 0 Å². The van der Waals surface area contributed by atoms with Gasteiger partial charge >= 0.3 is 0 Å². The Morgan fingerprint density at radius 3 is 2.41 bits per heavy atom. The molecule has 2 heterocycles. The minimum Gasteiger partial charge on any atom is -0.259 e. The van der Waals surface area contributed by atoms with Crippen molar-refractivity contribution < 1.29 is 0 Å². The molecule has 2 aromatic rings. The third-order valence-corrected chi connectivity index (χ3v) is 2.78. The maximum Gasteiger partial charge on any atom is 0.153 e. The van der Waals surface area contributed by atoms with Crippen molar-refractivity contribution in [2.24, 2.45) is 0 Å². The van der Waals surface area contributed by atoms with E-state index in [9.17, 15) is 0 Å². The lowest BCUT2D eigenvalue weighted by atomic mass is 9.88. The van der Waals surface area contributed by atoms with Gasteiger partial charge in [-0.2, -0.15) is 4.68 Å². The summed E-state index contributed by atoms with van der Waals surface area (Å²) in [5.74, 6) is 0.765. The lowest BCUT2D eigenvalue weighted by Crippen LogP contribution is -2.14. The summed E-state index contributed by atoms with van der Waals surface area (Å²) >= 11 is 0. The van der Waals surface area contributed by atoms with Gasteiger partial charge in [-0.25, -0.2) is 0 Å². The Morgan fingerprint density at radius 1 is 1.18 bits per heavy atom. The van der Waals surface area contributed by atoms with Crippen LogP contribution in [-0.4, -0.2) is 25.2 Å². The fraction of sp³-hybridized carbons (Fsp3) is 0.500. The van der Waals surface area contributed by atoms with Crippen LogP contribution in [0.3, 0.4) is 0 Å². The molecule has 0 unspecified atom stereocenters. The summed E-state index contributed by atoms with van der Waals surface area (Å²) in [7, 11) is 0. The molecule has 5 nitrogen and oxygen atoms in total. The van der Waals surface area contributed by atoms with Gasteiger partial charge in [0, 0.05) is 6.20 Å². The predicted octanol–water partition coefficient (Wildman–Crippen LogP) is 1.97. The van der Waals surface area contributed by atoms with Gasteiger partial charge in [-0.3, -0.25) is 4.98 Å². The monoisotopic (exact) mass is 231 g/mol. The van der Waals surface area contributed by atoms with E-state index in [1.54, 1.807) is 4.68 Å². The molecular weight excluding hydrogens is 214 g/mol. The van der Waals surface area contributed by atoms with Crippen LogP contribution in [0.25, 0.3) is 5.69 Å². The van der Waals surface area contributed by atoms with E-state index in [2.05, 4.69) is 47.3 Å². The van der Waals surface area contributed by atoms with Gasteiger partial charge < -0.3 is 0 Å². The smallest absolute Gasteiger partial charge is 0.153 e. The Hall–Kier alpha value is -1.78. The first-order valence-electron chi connectivity index (χ1n) is 5.62. The van der Waals surface area contributed by atoms with Gasteiger partial charge in [-0.05, 0) is 41.3 Å². The van der Waals surface area contributed by atoms with E-state index in [1.807, 2.05) is 20.0 Å². The quantitative estimate of drug-likeness (QED) is 0.753. The highest BCUT2D eigenvalue weighted by molar-refractivity contribution is 5.40. The second-order valence-corrected chi connectivity index (χ2v) is 5.22. The minimum atomic E-state index is 0.0668. The van der Waals surface area contributed by atoms with Crippen LogP contribution in [0.4, 0.5) is 0 Å². The Kier molecular flexibility index (Phi) is 2.69. The van der Waals surface area contributed by atoms with E-state index in [0.29, 0.717) is 0 Å². The van der Waals surface area contributed by atoms with Gasteiger partial charge in [-0.15, -0.1) is 5.10 Å². The highest BCUT2D eigenvalue weighted by atomic mass is 15.5. The number of rotatable bonds is 1. The van der Waals surface area contributed by atoms with E-state index in [-0.39, 0.29) is 5.41 Å². The van der Waals surface area contributed by atoms with Crippen molar-refractivity contribution in [3.8, 4) is 5.69 Å². The fourth-order valence-corrected chi connectivity index (χ4v) is 1.60. The zero-order valence-electron chi connectivity index (χ0n) is 10.9. The second-order valence-electron chi connectivity index (χ2n) is 5.22. The van der Waals surface area contributed by atoms with Crippen molar-refractivity contribution >= 4 is 0 Å². The molecular formula is C12H17N5. The van der Waals surface area contributed by atoms with Crippen molar-refractivity contribution in [3.05, 3.63) is 29.3 Å². The molecule has 17 heavy (non-hydrogen) atoms. The second kappa shape index (κ2) is 3.91. The van der Waals surface area contributed by atoms with Gasteiger partial charge in [-0.1, -0.05) is 20.8 Å². The van der Waals surface area contributed by atoms with Gasteiger partial charge in [0.15, 0.2) is 5.82 Å². The van der Waals surface area contributed by atoms with Crippen LogP contribution in [0.1, 0.15) is 37.9 Å². The maximum atomic E-state index is 4.43. The minimum absolute atomic E-state index is 0.0668. The average molecular weight is 231 g/mol. The Morgan fingerprint density at radius 2 is 1.88 bits per heavy atom. The molecule has 0 aliphatic carbocycles. The SMILES string of the molecule is Cc1ncc(C(C)(C)C)cc1-n1nnnc1C. The number of aryl methyl sites for hydroxylation is 2. The van der Waals surface area contributed by atoms with Crippen molar-refractivity contribution in [2.75, 3.05) is 0 Å². The molecule has 0 spiro atoms. The number of pyridine rings is 1. The van der Waals surface area contributed by atoms with Crippen LogP contribution < -0.4 is 0 Å². The first kappa shape index (κ1) is 11.7. The summed E-state index contributed by atoms with van der Waals surface area (Å²) in [6.07, 6.45) is 1.92. The van der Waals surface area contributed by atoms with Crippen LogP contribution in [0.5, 0.6) is 0 Å². The number of nitrogens with zero attached hydrogens (tertiary/aromatic N) is 5. The van der Waals surface area contributed by atoms with Crippen LogP contribution >= 0.6 is 0 Å². The van der Waals surface area contributed by atoms with E-state index in [1.165, 1.54) is 5.56 Å². The van der Waals surface area contributed by atoms with Crippen molar-refractivity contribution in [2.45, 2.75) is 40.0 Å². The Bertz CT molecular complexity index is 536. The predicted molar refractivity (Wildman–Crippen MR) is 65.1 cm³/mol. The van der Waals surface area contributed by atoms with E-state index in [4.69, 9.17) is 0 Å². The molecule has 0 saturated carbocycles. The maximum absolute atomic E-state index is 4.43. The molecule has 0 atom stereocenters. The number of hydrogen-bond acceptors (Lipinski definition) is 4. The topological polar surface area (TPSA) is 56.5 Å². The summed E-state index contributed by atoms with van der Waals surface area (Å²) in [5.41, 5.74) is 3.11. The van der Waals surface area contributed by atoms with E-state index >= 15 is 0 Å². The lowest BCUT2D eigenvalue weighted by molar-refractivity contribution is 0.585. The van der Waals surface area contributed by atoms with Crippen LogP contribution in [0.15, 0.2) is 12.3 Å². The highest BCUT2D eigenvalue weighted by Crippen LogP contribution is 2.24. The zero-order chi connectivity index (χ0) is 12.6. The van der Waals surface area contributed by atoms with Crippen LogP contribution in [-0.2, 0) is 5.41 Å². The molecule has 0 saturated heterocycles. The normalized spacial score (nSPS) is 11.8. The molecule has 5 heteroatoms. The molecule has 2 rings (SSSR count). The molecule has 90 valence electrons. The first-order valence-corrected chi connectivity index (χ1v) is 5.62. The number of hydrogen-bond donors (Lipinski definition) is 0. The summed E-state index contributed by atoms with van der Waals surface area (Å²) < 4.78 is 1.72. The number of aromatic nitrogens is 5. The Labute approximate surface area is 101 Å². The van der Waals surface area contributed by atoms with Gasteiger partial charge in [0.05, 0.1) is 11.4 Å². The number of tetrazole rings is 1. The molecule has 0 aliphatic rings. The third-order valence-electron chi connectivity index (χ3n) is 2.78. The Balaban J connectivity index is 2.58. The van der Waals surface area contributed by atoms with Crippen LogP contribution in [0.2, 0.25) is 0 Å². The molecule has 0 aliphatic heterocycles. The van der Waals surface area contributed by atoms with E-state index < -0.39 is 0 Å². The molecule has 0 amide bonds. The van der Waals surface area contributed by atoms with Crippen molar-refractivity contribution in [1.29, 1.82) is 0 Å².